The van der Waals surface area contributed by atoms with E-state index in [2.05, 4.69) is 33.3 Å². The van der Waals surface area contributed by atoms with Crippen molar-refractivity contribution < 1.29 is 13.2 Å². The molecule has 2 aromatic rings. The maximum Gasteiger partial charge on any atom is 0.451 e. The monoisotopic (exact) mass is 495 g/mol. The first-order valence-electron chi connectivity index (χ1n) is 11.6. The number of pyridine rings is 1. The predicted molar refractivity (Wildman–Crippen MR) is 137 cm³/mol. The lowest BCUT2D eigenvalue weighted by Crippen LogP contribution is -2.21. The van der Waals surface area contributed by atoms with Crippen LogP contribution in [-0.2, 0) is 6.18 Å². The molecule has 36 heavy (non-hydrogen) atoms. The van der Waals surface area contributed by atoms with Gasteiger partial charge in [0.05, 0.1) is 22.8 Å². The second kappa shape index (κ2) is 10.4. The molecule has 0 amide bonds. The van der Waals surface area contributed by atoms with Gasteiger partial charge in [-0.2, -0.15) is 13.2 Å². The van der Waals surface area contributed by atoms with E-state index in [1.54, 1.807) is 19.1 Å². The molecule has 1 saturated carbocycles. The smallest absolute Gasteiger partial charge is 0.397 e. The van der Waals surface area contributed by atoms with Crippen LogP contribution in [0.1, 0.15) is 49.1 Å². The van der Waals surface area contributed by atoms with Crippen LogP contribution in [0.3, 0.4) is 0 Å². The Kier molecular flexibility index (Phi) is 7.25. The van der Waals surface area contributed by atoms with Gasteiger partial charge in [0.15, 0.2) is 0 Å². The third-order valence-corrected chi connectivity index (χ3v) is 5.77. The average molecular weight is 496 g/mol. The molecule has 10 heteroatoms. The number of nitrogens with one attached hydrogen (secondary N) is 2. The fraction of sp³-hybridized carbons (Fsp3) is 0.269. The quantitative estimate of drug-likeness (QED) is 0.412. The Morgan fingerprint density at radius 2 is 1.92 bits per heavy atom. The van der Waals surface area contributed by atoms with Crippen molar-refractivity contribution in [2.24, 2.45) is 0 Å². The summed E-state index contributed by atoms with van der Waals surface area (Å²) in [6, 6.07) is 5.04. The lowest BCUT2D eigenvalue weighted by atomic mass is 10.0. The Balaban J connectivity index is 1.80. The van der Waals surface area contributed by atoms with Crippen LogP contribution in [0.4, 0.5) is 24.7 Å². The van der Waals surface area contributed by atoms with Gasteiger partial charge in [-0.05, 0) is 62.1 Å². The van der Waals surface area contributed by atoms with Crippen LogP contribution in [-0.4, -0.2) is 28.0 Å². The van der Waals surface area contributed by atoms with Gasteiger partial charge in [0.2, 0.25) is 5.82 Å². The van der Waals surface area contributed by atoms with Crippen molar-refractivity contribution >= 4 is 28.3 Å². The number of hydrogen-bond acceptors (Lipinski definition) is 7. The van der Waals surface area contributed by atoms with E-state index in [9.17, 15) is 13.2 Å². The molecule has 0 bridgehead atoms. The summed E-state index contributed by atoms with van der Waals surface area (Å²) in [5, 5.41) is 6.64. The molecule has 0 atom stereocenters. The zero-order valence-corrected chi connectivity index (χ0v) is 19.9. The number of anilines is 2. The summed E-state index contributed by atoms with van der Waals surface area (Å²) in [6.45, 7) is 7.29. The molecule has 0 aromatic carbocycles. The number of hydrogen-bond donors (Lipinski definition) is 4. The number of nitrogens with zero attached hydrogens (tertiary/aromatic N) is 3. The van der Waals surface area contributed by atoms with Gasteiger partial charge in [0.1, 0.15) is 11.5 Å². The number of nitrogen functional groups attached to an aromatic ring is 2. The highest BCUT2D eigenvalue weighted by Crippen LogP contribution is 2.38. The summed E-state index contributed by atoms with van der Waals surface area (Å²) >= 11 is 0. The van der Waals surface area contributed by atoms with Crippen molar-refractivity contribution in [3.05, 3.63) is 83.3 Å². The van der Waals surface area contributed by atoms with Crippen molar-refractivity contribution in [1.82, 2.24) is 25.6 Å². The summed E-state index contributed by atoms with van der Waals surface area (Å²) in [7, 11) is 0. The largest absolute Gasteiger partial charge is 0.451 e. The Morgan fingerprint density at radius 1 is 1.14 bits per heavy atom. The topological polar surface area (TPSA) is 115 Å². The van der Waals surface area contributed by atoms with Crippen LogP contribution in [0.2, 0.25) is 0 Å². The molecule has 188 valence electrons. The summed E-state index contributed by atoms with van der Waals surface area (Å²) in [5.41, 5.74) is 17.8. The zero-order chi connectivity index (χ0) is 25.9. The maximum absolute atomic E-state index is 13.4. The Labute approximate surface area is 207 Å². The molecule has 0 unspecified atom stereocenters. The van der Waals surface area contributed by atoms with Crippen molar-refractivity contribution in [2.45, 2.75) is 32.4 Å². The number of halogens is 3. The lowest BCUT2D eigenvalue weighted by molar-refractivity contribution is -0.144. The van der Waals surface area contributed by atoms with E-state index in [1.165, 1.54) is 12.1 Å². The SMILES string of the molecule is C=C/C(NC(=C1CC1)c1nc(C2=CCNCC2)ccc1N)=C(\C=C/C)c1cc(N)nc(C(F)(F)F)n1. The molecule has 2 aliphatic rings. The van der Waals surface area contributed by atoms with Crippen LogP contribution in [0, 0.1) is 0 Å². The minimum Gasteiger partial charge on any atom is -0.397 e. The number of nitrogens with two attached hydrogens (primary N) is 2. The molecule has 0 spiro atoms. The van der Waals surface area contributed by atoms with Crippen LogP contribution >= 0.6 is 0 Å². The van der Waals surface area contributed by atoms with Crippen LogP contribution < -0.4 is 22.1 Å². The molecule has 1 aliphatic heterocycles. The van der Waals surface area contributed by atoms with E-state index in [0.717, 1.165) is 54.9 Å². The highest BCUT2D eigenvalue weighted by atomic mass is 19.4. The van der Waals surface area contributed by atoms with Gasteiger partial charge >= 0.3 is 6.18 Å². The van der Waals surface area contributed by atoms with Crippen molar-refractivity contribution in [3.63, 3.8) is 0 Å². The standard InChI is InChI=1S/C26H28F3N7/c1-3-5-17(21-14-22(31)36-25(35-21)26(27,28)29)19(4-2)33-23(16-6-7-16)24-18(30)8-9-20(34-24)15-10-12-32-13-11-15/h3-5,8-10,14,32-33H,2,6-7,11-13,30H2,1H3,(H2,31,35,36)/b5-3-,19-17-. The lowest BCUT2D eigenvalue weighted by Gasteiger charge is -2.19. The molecule has 0 saturated heterocycles. The first kappa shape index (κ1) is 25.2. The van der Waals surface area contributed by atoms with Gasteiger partial charge in [0, 0.05) is 23.9 Å². The average Bonchev–Trinajstić information content (AvgIpc) is 3.69. The number of aromatic nitrogens is 3. The van der Waals surface area contributed by atoms with Gasteiger partial charge in [-0.25, -0.2) is 15.0 Å². The van der Waals surface area contributed by atoms with E-state index in [0.29, 0.717) is 22.7 Å². The van der Waals surface area contributed by atoms with Gasteiger partial charge < -0.3 is 22.1 Å². The molecule has 1 aliphatic carbocycles. The van der Waals surface area contributed by atoms with Crippen LogP contribution in [0.5, 0.6) is 0 Å². The van der Waals surface area contributed by atoms with E-state index in [1.807, 2.05) is 12.1 Å². The van der Waals surface area contributed by atoms with Gasteiger partial charge in [-0.3, -0.25) is 0 Å². The van der Waals surface area contributed by atoms with Crippen molar-refractivity contribution in [1.29, 1.82) is 0 Å². The molecule has 6 N–H and O–H groups in total. The minimum absolute atomic E-state index is 0.0185. The number of rotatable bonds is 7. The molecular weight excluding hydrogens is 467 g/mol. The fourth-order valence-corrected chi connectivity index (χ4v) is 3.91. The van der Waals surface area contributed by atoms with Gasteiger partial charge in [-0.1, -0.05) is 24.8 Å². The number of allylic oxidation sites excluding steroid dienone is 5. The van der Waals surface area contributed by atoms with Gasteiger partial charge in [-0.15, -0.1) is 0 Å². The second-order valence-corrected chi connectivity index (χ2v) is 8.45. The molecule has 2 aromatic heterocycles. The molecule has 3 heterocycles. The first-order chi connectivity index (χ1) is 17.2. The Morgan fingerprint density at radius 3 is 2.53 bits per heavy atom. The zero-order valence-electron chi connectivity index (χ0n) is 19.9. The highest BCUT2D eigenvalue weighted by Gasteiger charge is 2.35. The Bertz CT molecular complexity index is 1300. The maximum atomic E-state index is 13.4. The van der Waals surface area contributed by atoms with Crippen LogP contribution in [0.25, 0.3) is 16.8 Å². The third kappa shape index (κ3) is 5.65. The molecule has 0 radical (unpaired) electrons. The first-order valence-corrected chi connectivity index (χ1v) is 11.6. The Hall–Kier alpha value is -3.92. The van der Waals surface area contributed by atoms with Gasteiger partial charge in [0.25, 0.3) is 0 Å². The van der Waals surface area contributed by atoms with E-state index < -0.39 is 12.0 Å². The number of alkyl halides is 3. The van der Waals surface area contributed by atoms with E-state index in [-0.39, 0.29) is 11.5 Å². The summed E-state index contributed by atoms with van der Waals surface area (Å²) in [6.07, 6.45) is 4.83. The minimum atomic E-state index is -4.74. The van der Waals surface area contributed by atoms with E-state index in [4.69, 9.17) is 16.5 Å². The van der Waals surface area contributed by atoms with Crippen molar-refractivity contribution in [2.75, 3.05) is 24.6 Å². The van der Waals surface area contributed by atoms with Crippen molar-refractivity contribution in [3.8, 4) is 0 Å². The normalized spacial score (nSPS) is 16.4. The molecular formula is C26H28F3N7. The molecule has 7 nitrogen and oxygen atoms in total. The molecule has 4 rings (SSSR count). The predicted octanol–water partition coefficient (Wildman–Crippen LogP) is 4.70. The second-order valence-electron chi connectivity index (χ2n) is 8.45. The van der Waals surface area contributed by atoms with Crippen LogP contribution in [0.15, 0.2) is 60.4 Å². The summed E-state index contributed by atoms with van der Waals surface area (Å²) in [4.78, 5) is 12.0. The summed E-state index contributed by atoms with van der Waals surface area (Å²) in [5.74, 6) is -1.59. The fourth-order valence-electron chi connectivity index (χ4n) is 3.91. The highest BCUT2D eigenvalue weighted by molar-refractivity contribution is 5.83. The summed E-state index contributed by atoms with van der Waals surface area (Å²) < 4.78 is 40.1. The van der Waals surface area contributed by atoms with E-state index >= 15 is 0 Å². The molecule has 1 fully saturated rings. The third-order valence-electron chi connectivity index (χ3n) is 5.77.